The lowest BCUT2D eigenvalue weighted by atomic mass is 9.88. The first-order valence-electron chi connectivity index (χ1n) is 6.07. The van der Waals surface area contributed by atoms with Crippen LogP contribution >= 0.6 is 7.92 Å². The Morgan fingerprint density at radius 3 is 2.85 bits per heavy atom. The molecule has 2 saturated heterocycles. The maximum absolute atomic E-state index is 2.50. The monoisotopic (exact) mass is 198 g/mol. The average Bonchev–Trinajstić information content (AvgIpc) is 2.38. The molecule has 2 rings (SSSR count). The fraction of sp³-hybridized carbons (Fsp3) is 1.00. The number of hydrogen-bond donors (Lipinski definition) is 0. The molecule has 0 aromatic rings. The topological polar surface area (TPSA) is 0 Å². The van der Waals surface area contributed by atoms with Crippen molar-refractivity contribution in [2.24, 2.45) is 11.8 Å². The van der Waals surface area contributed by atoms with E-state index in [1.165, 1.54) is 18.5 Å². The van der Waals surface area contributed by atoms with Crippen LogP contribution < -0.4 is 0 Å². The molecule has 0 saturated carbocycles. The molecule has 0 N–H and O–H groups in total. The molecule has 2 heterocycles. The van der Waals surface area contributed by atoms with Gasteiger partial charge in [0.15, 0.2) is 0 Å². The van der Waals surface area contributed by atoms with Crippen LogP contribution in [-0.2, 0) is 0 Å². The summed E-state index contributed by atoms with van der Waals surface area (Å²) >= 11 is 0. The molecule has 0 amide bonds. The molecule has 0 nitrogen and oxygen atoms in total. The van der Waals surface area contributed by atoms with Crippen molar-refractivity contribution in [2.75, 3.05) is 12.3 Å². The van der Waals surface area contributed by atoms with Crippen LogP contribution in [0.5, 0.6) is 0 Å². The van der Waals surface area contributed by atoms with E-state index >= 15 is 0 Å². The van der Waals surface area contributed by atoms with Crippen LogP contribution in [-0.4, -0.2) is 18.0 Å². The molecular weight excluding hydrogens is 175 g/mol. The third-order valence-electron chi connectivity index (χ3n) is 4.19. The maximum Gasteiger partial charge on any atom is -0.0155 e. The third-order valence-corrected chi connectivity index (χ3v) is 7.69. The van der Waals surface area contributed by atoms with Gasteiger partial charge in [0.05, 0.1) is 0 Å². The van der Waals surface area contributed by atoms with E-state index in [4.69, 9.17) is 0 Å². The van der Waals surface area contributed by atoms with Gasteiger partial charge in [-0.2, -0.15) is 0 Å². The van der Waals surface area contributed by atoms with E-state index in [1.54, 1.807) is 31.6 Å². The Hall–Kier alpha value is 0.430. The summed E-state index contributed by atoms with van der Waals surface area (Å²) in [5, 5.41) is 0. The van der Waals surface area contributed by atoms with Crippen LogP contribution in [0.3, 0.4) is 0 Å². The first-order valence-corrected chi connectivity index (χ1v) is 7.85. The highest BCUT2D eigenvalue weighted by Crippen LogP contribution is 2.59. The summed E-state index contributed by atoms with van der Waals surface area (Å²) in [6.45, 7) is 4.88. The van der Waals surface area contributed by atoms with Crippen molar-refractivity contribution in [3.8, 4) is 0 Å². The highest BCUT2D eigenvalue weighted by molar-refractivity contribution is 7.58. The summed E-state index contributed by atoms with van der Waals surface area (Å²) in [4.78, 5) is 0. The molecule has 0 aromatic heterocycles. The molecule has 0 aromatic carbocycles. The lowest BCUT2D eigenvalue weighted by Gasteiger charge is -2.28. The van der Waals surface area contributed by atoms with Gasteiger partial charge in [-0.3, -0.25) is 0 Å². The zero-order valence-electron chi connectivity index (χ0n) is 9.13. The summed E-state index contributed by atoms with van der Waals surface area (Å²) in [6.07, 6.45) is 10.9. The van der Waals surface area contributed by atoms with E-state index in [0.717, 1.165) is 11.8 Å². The molecule has 76 valence electrons. The molecule has 0 spiro atoms. The maximum atomic E-state index is 2.50. The van der Waals surface area contributed by atoms with Crippen molar-refractivity contribution in [1.82, 2.24) is 0 Å². The second-order valence-electron chi connectivity index (χ2n) is 4.96. The van der Waals surface area contributed by atoms with E-state index in [9.17, 15) is 0 Å². The van der Waals surface area contributed by atoms with Crippen molar-refractivity contribution < 1.29 is 0 Å². The number of hydrogen-bond acceptors (Lipinski definition) is 0. The minimum atomic E-state index is 0.469. The first kappa shape index (κ1) is 9.97. The summed E-state index contributed by atoms with van der Waals surface area (Å²) in [6, 6.07) is 0. The Labute approximate surface area is 84.2 Å². The van der Waals surface area contributed by atoms with E-state index in [2.05, 4.69) is 13.8 Å². The van der Waals surface area contributed by atoms with Gasteiger partial charge in [0, 0.05) is 0 Å². The zero-order valence-corrected chi connectivity index (χ0v) is 10.0. The lowest BCUT2D eigenvalue weighted by Crippen LogP contribution is -2.20. The van der Waals surface area contributed by atoms with Crippen LogP contribution in [0.25, 0.3) is 0 Å². The fourth-order valence-corrected chi connectivity index (χ4v) is 7.25. The molecule has 2 aliphatic rings. The summed E-state index contributed by atoms with van der Waals surface area (Å²) in [7, 11) is 0.469. The van der Waals surface area contributed by atoms with Crippen molar-refractivity contribution >= 4 is 7.92 Å². The molecule has 13 heavy (non-hydrogen) atoms. The average molecular weight is 198 g/mol. The van der Waals surface area contributed by atoms with E-state index in [0.29, 0.717) is 7.92 Å². The van der Waals surface area contributed by atoms with Crippen LogP contribution in [0.1, 0.15) is 46.0 Å². The number of rotatable bonds is 2. The van der Waals surface area contributed by atoms with Crippen molar-refractivity contribution in [1.29, 1.82) is 0 Å². The predicted octanol–water partition coefficient (Wildman–Crippen LogP) is 4.09. The molecule has 2 aliphatic heterocycles. The van der Waals surface area contributed by atoms with Gasteiger partial charge in [0.2, 0.25) is 0 Å². The summed E-state index contributed by atoms with van der Waals surface area (Å²) < 4.78 is 0. The van der Waals surface area contributed by atoms with Gasteiger partial charge in [-0.25, -0.2) is 0 Å². The zero-order chi connectivity index (χ0) is 9.26. The molecule has 2 fully saturated rings. The van der Waals surface area contributed by atoms with E-state index < -0.39 is 0 Å². The standard InChI is InChI=1S/C12H23P/c1-3-10(2)12-11-6-4-5-8-13(12)9-7-11/h10-12H,3-9H2,1-2H3/t10-,11-,12-,13?/m0/s1. The third kappa shape index (κ3) is 1.94. The van der Waals surface area contributed by atoms with Crippen molar-refractivity contribution in [3.63, 3.8) is 0 Å². The normalized spacial score (nSPS) is 41.5. The van der Waals surface area contributed by atoms with Gasteiger partial charge in [-0.1, -0.05) is 26.7 Å². The number of fused-ring (bicyclic) bond motifs is 2. The largest absolute Gasteiger partial charge is 0.103 e. The Kier molecular flexibility index (Phi) is 3.30. The minimum absolute atomic E-state index is 0.469. The Morgan fingerprint density at radius 1 is 1.23 bits per heavy atom. The van der Waals surface area contributed by atoms with Gasteiger partial charge in [-0.05, 0) is 49.1 Å². The lowest BCUT2D eigenvalue weighted by molar-refractivity contribution is 0.381. The first-order chi connectivity index (χ1) is 6.33. The van der Waals surface area contributed by atoms with Crippen molar-refractivity contribution in [2.45, 2.75) is 51.6 Å². The molecule has 1 unspecified atom stereocenters. The molecule has 2 bridgehead atoms. The smallest absolute Gasteiger partial charge is 0.0155 e. The van der Waals surface area contributed by atoms with E-state index in [-0.39, 0.29) is 0 Å². The van der Waals surface area contributed by atoms with Crippen LogP contribution in [0.15, 0.2) is 0 Å². The van der Waals surface area contributed by atoms with Crippen LogP contribution in [0.4, 0.5) is 0 Å². The van der Waals surface area contributed by atoms with Crippen LogP contribution in [0.2, 0.25) is 0 Å². The van der Waals surface area contributed by atoms with Gasteiger partial charge in [-0.15, -0.1) is 7.92 Å². The van der Waals surface area contributed by atoms with E-state index in [1.807, 2.05) is 0 Å². The van der Waals surface area contributed by atoms with Gasteiger partial charge in [0.1, 0.15) is 0 Å². The van der Waals surface area contributed by atoms with Gasteiger partial charge >= 0.3 is 0 Å². The SMILES string of the molecule is CC[C@H](C)[C@H]1[C@H]2CCCCP1CC2. The Balaban J connectivity index is 2.07. The van der Waals surface area contributed by atoms with Crippen molar-refractivity contribution in [3.05, 3.63) is 0 Å². The predicted molar refractivity (Wildman–Crippen MR) is 61.9 cm³/mol. The second kappa shape index (κ2) is 4.30. The Bertz CT molecular complexity index is 153. The van der Waals surface area contributed by atoms with Crippen LogP contribution in [0, 0.1) is 11.8 Å². The molecule has 4 atom stereocenters. The minimum Gasteiger partial charge on any atom is -0.103 e. The molecule has 0 radical (unpaired) electrons. The highest BCUT2D eigenvalue weighted by Gasteiger charge is 2.38. The van der Waals surface area contributed by atoms with Gasteiger partial charge < -0.3 is 0 Å². The summed E-state index contributed by atoms with van der Waals surface area (Å²) in [5.41, 5.74) is 1.17. The highest BCUT2D eigenvalue weighted by atomic mass is 31.1. The molecule has 0 aliphatic carbocycles. The molecule has 1 heteroatoms. The summed E-state index contributed by atoms with van der Waals surface area (Å²) in [5.74, 6) is 2.17. The molecular formula is C12H23P. The fourth-order valence-electron chi connectivity index (χ4n) is 3.31. The quantitative estimate of drug-likeness (QED) is 0.586. The van der Waals surface area contributed by atoms with Gasteiger partial charge in [0.25, 0.3) is 0 Å². The second-order valence-corrected chi connectivity index (χ2v) is 7.62. The Morgan fingerprint density at radius 2 is 2.08 bits per heavy atom.